The van der Waals surface area contributed by atoms with E-state index in [-0.39, 0.29) is 23.3 Å². The summed E-state index contributed by atoms with van der Waals surface area (Å²) in [6.07, 6.45) is 4.39. The van der Waals surface area contributed by atoms with Crippen molar-refractivity contribution < 1.29 is 11.4 Å². The molecule has 6 nitrogen and oxygen atoms in total. The standard InChI is InChI=1S/C27H25N3O.CH5NO.CH4/c1-27-17-23(28-2)25(31)21(16-18-10-6-4-7-11-18)22(27)15-14-20-24(30(3)29-26(20)27)19-12-8-5-9-13-19;1-2-3;/h4-13,17,21-22H,14-16H2,1,3H3;2-3H,1H3;1H4/t21-,22-,27-;;/m0../s1/i;;1T. The van der Waals surface area contributed by atoms with Crippen molar-refractivity contribution >= 4 is 5.78 Å². The van der Waals surface area contributed by atoms with E-state index in [0.29, 0.717) is 6.42 Å². The number of hydrogen-bond donors (Lipinski definition) is 2. The molecule has 0 spiro atoms. The van der Waals surface area contributed by atoms with Gasteiger partial charge in [0.15, 0.2) is 5.78 Å². The molecule has 0 unspecified atom stereocenters. The van der Waals surface area contributed by atoms with E-state index < -0.39 is 5.41 Å². The number of allylic oxidation sites excluding steroid dienone is 2. The van der Waals surface area contributed by atoms with Crippen LogP contribution in [0.4, 0.5) is 0 Å². The van der Waals surface area contributed by atoms with E-state index >= 15 is 0 Å². The first-order valence-electron chi connectivity index (χ1n) is 12.6. The Morgan fingerprint density at radius 3 is 2.43 bits per heavy atom. The van der Waals surface area contributed by atoms with Crippen LogP contribution in [0.3, 0.4) is 0 Å². The summed E-state index contributed by atoms with van der Waals surface area (Å²) >= 11 is 0. The van der Waals surface area contributed by atoms with Crippen LogP contribution < -0.4 is 5.48 Å². The highest BCUT2D eigenvalue weighted by Crippen LogP contribution is 2.52. The SMILES string of the molecule is CNO.[3H]C.[C-]#[N+]C1=C[C@]2(C)c3nn(C)c(-c4ccccc4)c3CC[C@H]2[C@H](Cc2ccccc2)C1=O. The van der Waals surface area contributed by atoms with Crippen LogP contribution in [0.5, 0.6) is 0 Å². The predicted octanol–water partition coefficient (Wildman–Crippen LogP) is 5.38. The molecule has 0 saturated heterocycles. The highest BCUT2D eigenvalue weighted by Gasteiger charge is 2.51. The van der Waals surface area contributed by atoms with Gasteiger partial charge in [-0.15, -0.1) is 0 Å². The minimum Gasteiger partial charge on any atom is -0.317 e. The summed E-state index contributed by atoms with van der Waals surface area (Å²) in [5, 5.41) is 12.3. The fourth-order valence-electron chi connectivity index (χ4n) is 5.68. The summed E-state index contributed by atoms with van der Waals surface area (Å²) in [4.78, 5) is 16.9. The Bertz CT molecular complexity index is 1250. The largest absolute Gasteiger partial charge is 0.317 e. The lowest BCUT2D eigenvalue weighted by Gasteiger charge is -2.45. The molecule has 35 heavy (non-hydrogen) atoms. The quantitative estimate of drug-likeness (QED) is 0.396. The minimum atomic E-state index is -0.425. The summed E-state index contributed by atoms with van der Waals surface area (Å²) in [5.41, 5.74) is 7.31. The highest BCUT2D eigenvalue weighted by atomic mass is 16.5. The monoisotopic (exact) mass is 472 g/mol. The molecule has 1 aromatic heterocycles. The normalized spacial score (nSPS) is 22.6. The van der Waals surface area contributed by atoms with Gasteiger partial charge in [-0.05, 0) is 30.7 Å². The number of aromatic nitrogens is 2. The van der Waals surface area contributed by atoms with Crippen LogP contribution in [0, 0.1) is 18.4 Å². The van der Waals surface area contributed by atoms with Crippen LogP contribution in [-0.4, -0.2) is 27.8 Å². The van der Waals surface area contributed by atoms with Gasteiger partial charge >= 0.3 is 0 Å². The number of nitrogens with zero attached hydrogens (tertiary/aromatic N) is 3. The zero-order chi connectivity index (χ0) is 26.3. The summed E-state index contributed by atoms with van der Waals surface area (Å²) < 4.78 is 7.72. The topological polar surface area (TPSA) is 71.5 Å². The number of aryl methyl sites for hydroxylation is 1. The van der Waals surface area contributed by atoms with E-state index in [1.54, 1.807) is 5.48 Å². The zero-order valence-corrected chi connectivity index (χ0v) is 20.8. The van der Waals surface area contributed by atoms with Crippen LogP contribution in [0.1, 0.15) is 38.9 Å². The number of Topliss-reactive ketones (excluding diaryl/α,β-unsaturated/α-hetero) is 1. The summed E-state index contributed by atoms with van der Waals surface area (Å²) in [7, 11) is 4.67. The Morgan fingerprint density at radius 2 is 1.83 bits per heavy atom. The molecule has 5 rings (SSSR count). The first-order chi connectivity index (χ1) is 17.4. The Kier molecular flexibility index (Phi) is 7.60. The van der Waals surface area contributed by atoms with E-state index in [1.807, 2.05) is 54.2 Å². The smallest absolute Gasteiger partial charge is 0.226 e. The first kappa shape index (κ1) is 24.6. The third-order valence-electron chi connectivity index (χ3n) is 7.11. The predicted molar refractivity (Wildman–Crippen MR) is 139 cm³/mol. The van der Waals surface area contributed by atoms with Gasteiger partial charge in [0, 0.05) is 37.9 Å². The molecule has 2 aliphatic carbocycles. The van der Waals surface area contributed by atoms with Crippen LogP contribution in [0.15, 0.2) is 72.4 Å². The van der Waals surface area contributed by atoms with Gasteiger partial charge in [0.2, 0.25) is 5.70 Å². The molecule has 0 amide bonds. The van der Waals surface area contributed by atoms with Crippen molar-refractivity contribution in [2.45, 2.75) is 39.0 Å². The van der Waals surface area contributed by atoms with Gasteiger partial charge in [-0.3, -0.25) is 4.68 Å². The molecule has 3 atom stereocenters. The second-order valence-electron chi connectivity index (χ2n) is 9.12. The lowest BCUT2D eigenvalue weighted by atomic mass is 9.57. The van der Waals surface area contributed by atoms with E-state index in [2.05, 4.69) is 36.0 Å². The molecule has 0 radical (unpaired) electrons. The van der Waals surface area contributed by atoms with Crippen molar-refractivity contribution in [3.63, 3.8) is 0 Å². The van der Waals surface area contributed by atoms with Crippen molar-refractivity contribution in [3.8, 4) is 11.3 Å². The number of ketones is 1. The van der Waals surface area contributed by atoms with Crippen LogP contribution in [0.2, 0.25) is 0 Å². The number of hydroxylamine groups is 1. The van der Waals surface area contributed by atoms with E-state index in [4.69, 9.17) is 18.2 Å². The molecule has 0 bridgehead atoms. The number of hydrogen-bond acceptors (Lipinski definition) is 4. The lowest BCUT2D eigenvalue weighted by Crippen LogP contribution is -2.47. The molecule has 2 N–H and O–H groups in total. The van der Waals surface area contributed by atoms with Gasteiger partial charge in [0.05, 0.1) is 18.0 Å². The number of benzene rings is 2. The Labute approximate surface area is 209 Å². The van der Waals surface area contributed by atoms with Gasteiger partial charge in [-0.2, -0.15) is 5.10 Å². The molecule has 0 aliphatic heterocycles. The van der Waals surface area contributed by atoms with Crippen molar-refractivity contribution in [2.24, 2.45) is 18.9 Å². The summed E-state index contributed by atoms with van der Waals surface area (Å²) in [6.45, 7) is 9.84. The maximum absolute atomic E-state index is 13.3. The van der Waals surface area contributed by atoms with Crippen molar-refractivity contribution in [1.82, 2.24) is 15.3 Å². The van der Waals surface area contributed by atoms with Crippen LogP contribution >= 0.6 is 0 Å². The average molecular weight is 473 g/mol. The molecule has 0 saturated carbocycles. The fraction of sp³-hybridized carbons (Fsp3) is 0.345. The van der Waals surface area contributed by atoms with Crippen LogP contribution in [0.25, 0.3) is 16.1 Å². The van der Waals surface area contributed by atoms with Crippen molar-refractivity contribution in [2.75, 3.05) is 7.05 Å². The third-order valence-corrected chi connectivity index (χ3v) is 7.11. The van der Waals surface area contributed by atoms with Crippen molar-refractivity contribution in [3.05, 3.63) is 101 Å². The van der Waals surface area contributed by atoms with Gasteiger partial charge in [-0.25, -0.2) is 10.3 Å². The number of rotatable bonds is 3. The van der Waals surface area contributed by atoms with Crippen molar-refractivity contribution in [1.29, 1.82) is 0 Å². The fourth-order valence-corrected chi connectivity index (χ4v) is 5.68. The number of carbonyl (C=O) groups excluding carboxylic acids is 1. The lowest BCUT2D eigenvalue weighted by molar-refractivity contribution is -0.122. The Morgan fingerprint density at radius 1 is 1.23 bits per heavy atom. The maximum atomic E-state index is 13.3. The third kappa shape index (κ3) is 4.70. The van der Waals surface area contributed by atoms with E-state index in [9.17, 15) is 4.79 Å². The number of carbonyl (C=O) groups is 1. The molecule has 3 aromatic rings. The van der Waals surface area contributed by atoms with Gasteiger partial charge in [-0.1, -0.05) is 81.1 Å². The minimum absolute atomic E-state index is 0.0102. The van der Waals surface area contributed by atoms with Crippen LogP contribution in [-0.2, 0) is 30.1 Å². The molecular weight excluding hydrogens is 436 g/mol. The molecular formula is C29H34N4O2. The average Bonchev–Trinajstić information content (AvgIpc) is 3.25. The first-order valence-corrected chi connectivity index (χ1v) is 11.6. The maximum Gasteiger partial charge on any atom is 0.226 e. The van der Waals surface area contributed by atoms with Gasteiger partial charge < -0.3 is 10.0 Å². The molecule has 1 heterocycles. The van der Waals surface area contributed by atoms with Gasteiger partial charge in [0.25, 0.3) is 0 Å². The Balaban J connectivity index is 0.000000674. The molecule has 2 aliphatic rings. The number of nitrogens with one attached hydrogen (secondary N) is 1. The Hall–Kier alpha value is -3.53. The summed E-state index contributed by atoms with van der Waals surface area (Å²) in [6, 6.07) is 20.5. The highest BCUT2D eigenvalue weighted by molar-refractivity contribution is 6.00. The molecule has 182 valence electrons. The molecule has 6 heteroatoms. The van der Waals surface area contributed by atoms with E-state index in [1.165, 1.54) is 20.0 Å². The number of fused-ring (bicyclic) bond motifs is 3. The zero-order valence-electron chi connectivity index (χ0n) is 21.8. The second-order valence-corrected chi connectivity index (χ2v) is 9.12. The molecule has 0 fully saturated rings. The summed E-state index contributed by atoms with van der Waals surface area (Å²) in [5.74, 6) is -0.0717. The second kappa shape index (κ2) is 10.8. The van der Waals surface area contributed by atoms with Gasteiger partial charge in [0.1, 0.15) is 0 Å². The van der Waals surface area contributed by atoms with E-state index in [0.717, 1.165) is 35.4 Å². The molecule has 2 aromatic carbocycles.